The van der Waals surface area contributed by atoms with Crippen LogP contribution in [0.2, 0.25) is 0 Å². The standard InChI is InChI=1S/C16H22N4O4/c1-15(2,3)23-13(21)20(14(22)24-16(4,5)6)12-9-7-8-11(10-12)18-19-17/h7-10H,1-6H3. The number of anilines is 1. The molecule has 1 rings (SSSR count). The number of nitrogens with zero attached hydrogens (tertiary/aromatic N) is 4. The van der Waals surface area contributed by atoms with Gasteiger partial charge in [-0.25, -0.2) is 9.59 Å². The molecule has 0 bridgehead atoms. The predicted octanol–water partition coefficient (Wildman–Crippen LogP) is 5.31. The van der Waals surface area contributed by atoms with E-state index in [-0.39, 0.29) is 11.4 Å². The number of ether oxygens (including phenoxy) is 2. The molecule has 8 heteroatoms. The fourth-order valence-electron chi connectivity index (χ4n) is 1.65. The van der Waals surface area contributed by atoms with Crippen LogP contribution in [0.5, 0.6) is 0 Å². The highest BCUT2D eigenvalue weighted by Crippen LogP contribution is 2.25. The van der Waals surface area contributed by atoms with Crippen LogP contribution < -0.4 is 4.90 Å². The first-order valence-corrected chi connectivity index (χ1v) is 7.34. The van der Waals surface area contributed by atoms with E-state index in [1.165, 1.54) is 12.1 Å². The number of benzene rings is 1. The van der Waals surface area contributed by atoms with Crippen molar-refractivity contribution in [3.05, 3.63) is 34.7 Å². The smallest absolute Gasteiger partial charge is 0.424 e. The van der Waals surface area contributed by atoms with Crippen LogP contribution in [0, 0.1) is 0 Å². The summed E-state index contributed by atoms with van der Waals surface area (Å²) in [6.07, 6.45) is -1.76. The van der Waals surface area contributed by atoms with Gasteiger partial charge in [-0.1, -0.05) is 17.2 Å². The number of carbonyl (C=O) groups excluding carboxylic acids is 2. The van der Waals surface area contributed by atoms with Crippen molar-refractivity contribution in [1.29, 1.82) is 0 Å². The van der Waals surface area contributed by atoms with Crippen molar-refractivity contribution < 1.29 is 19.1 Å². The zero-order valence-corrected chi connectivity index (χ0v) is 14.7. The van der Waals surface area contributed by atoms with Gasteiger partial charge in [-0.2, -0.15) is 4.90 Å². The summed E-state index contributed by atoms with van der Waals surface area (Å²) in [6.45, 7) is 10.1. The van der Waals surface area contributed by atoms with Gasteiger partial charge in [0.2, 0.25) is 0 Å². The first-order chi connectivity index (χ1) is 10.9. The maximum atomic E-state index is 12.5. The van der Waals surface area contributed by atoms with E-state index in [9.17, 15) is 9.59 Å². The van der Waals surface area contributed by atoms with Gasteiger partial charge in [0.1, 0.15) is 11.2 Å². The van der Waals surface area contributed by atoms with Crippen molar-refractivity contribution in [2.75, 3.05) is 4.90 Å². The van der Waals surface area contributed by atoms with Gasteiger partial charge >= 0.3 is 12.2 Å². The van der Waals surface area contributed by atoms with Gasteiger partial charge in [-0.15, -0.1) is 0 Å². The van der Waals surface area contributed by atoms with Gasteiger partial charge in [-0.05, 0) is 59.2 Å². The maximum Gasteiger partial charge on any atom is 0.424 e. The number of imide groups is 1. The molecule has 1 aromatic carbocycles. The summed E-state index contributed by atoms with van der Waals surface area (Å²) in [5.74, 6) is 0. The molecule has 0 heterocycles. The molecule has 0 aliphatic heterocycles. The Hall–Kier alpha value is -2.73. The second kappa shape index (κ2) is 7.23. The number of azide groups is 1. The van der Waals surface area contributed by atoms with Gasteiger partial charge in [0.25, 0.3) is 0 Å². The molecule has 1 aromatic rings. The topological polar surface area (TPSA) is 105 Å². The van der Waals surface area contributed by atoms with E-state index in [2.05, 4.69) is 10.0 Å². The van der Waals surface area contributed by atoms with Crippen LogP contribution in [0.1, 0.15) is 41.5 Å². The Morgan fingerprint density at radius 3 is 1.96 bits per heavy atom. The SMILES string of the molecule is CC(C)(C)OC(=O)N(C(=O)OC(C)(C)C)c1cccc(N=[N+]=[N-])c1. The maximum absolute atomic E-state index is 12.5. The molecule has 0 saturated carbocycles. The molecule has 0 spiro atoms. The quantitative estimate of drug-likeness (QED) is 0.415. The summed E-state index contributed by atoms with van der Waals surface area (Å²) in [7, 11) is 0. The molecule has 0 saturated heterocycles. The largest absolute Gasteiger partial charge is 0.443 e. The van der Waals surface area contributed by atoms with Crippen molar-refractivity contribution in [3.63, 3.8) is 0 Å². The Balaban J connectivity index is 3.27. The molecule has 0 N–H and O–H groups in total. The molecule has 0 unspecified atom stereocenters. The van der Waals surface area contributed by atoms with Crippen LogP contribution in [0.4, 0.5) is 21.0 Å². The van der Waals surface area contributed by atoms with Crippen molar-refractivity contribution >= 4 is 23.6 Å². The van der Waals surface area contributed by atoms with Crippen LogP contribution in [0.25, 0.3) is 10.4 Å². The molecule has 24 heavy (non-hydrogen) atoms. The van der Waals surface area contributed by atoms with Crippen molar-refractivity contribution in [3.8, 4) is 0 Å². The Bertz CT molecular complexity index is 639. The average molecular weight is 334 g/mol. The molecule has 130 valence electrons. The number of hydrogen-bond acceptors (Lipinski definition) is 5. The Morgan fingerprint density at radius 2 is 1.54 bits per heavy atom. The molecule has 8 nitrogen and oxygen atoms in total. The number of hydrogen-bond donors (Lipinski definition) is 0. The number of rotatable bonds is 2. The average Bonchev–Trinajstić information content (AvgIpc) is 2.35. The first-order valence-electron chi connectivity index (χ1n) is 7.34. The van der Waals surface area contributed by atoms with E-state index in [1.54, 1.807) is 53.7 Å². The molecule has 0 aromatic heterocycles. The van der Waals surface area contributed by atoms with E-state index >= 15 is 0 Å². The second-order valence-corrected chi connectivity index (χ2v) is 7.01. The zero-order chi connectivity index (χ0) is 18.5. The highest BCUT2D eigenvalue weighted by Gasteiger charge is 2.32. The number of amides is 2. The van der Waals surface area contributed by atoms with Gasteiger partial charge < -0.3 is 9.47 Å². The molecule has 2 amide bonds. The molecule has 0 aliphatic carbocycles. The van der Waals surface area contributed by atoms with Crippen molar-refractivity contribution in [2.24, 2.45) is 5.11 Å². The lowest BCUT2D eigenvalue weighted by atomic mass is 10.2. The molecule has 0 atom stereocenters. The molecular formula is C16H22N4O4. The number of carbonyl (C=O) groups is 2. The van der Waals surface area contributed by atoms with Gasteiger partial charge in [0, 0.05) is 10.6 Å². The summed E-state index contributed by atoms with van der Waals surface area (Å²) in [4.78, 5) is 28.4. The third-order valence-electron chi connectivity index (χ3n) is 2.40. The van der Waals surface area contributed by atoms with E-state index < -0.39 is 23.4 Å². The zero-order valence-electron chi connectivity index (χ0n) is 14.7. The fraction of sp³-hybridized carbons (Fsp3) is 0.500. The fourth-order valence-corrected chi connectivity index (χ4v) is 1.65. The van der Waals surface area contributed by atoms with Gasteiger partial charge in [0.05, 0.1) is 5.69 Å². The molecule has 0 aliphatic rings. The summed E-state index contributed by atoms with van der Waals surface area (Å²) in [6, 6.07) is 6.02. The molecular weight excluding hydrogens is 312 g/mol. The summed E-state index contributed by atoms with van der Waals surface area (Å²) >= 11 is 0. The van der Waals surface area contributed by atoms with E-state index in [1.807, 2.05) is 0 Å². The third kappa shape index (κ3) is 6.18. The minimum Gasteiger partial charge on any atom is -0.443 e. The minimum atomic E-state index is -0.880. The third-order valence-corrected chi connectivity index (χ3v) is 2.40. The van der Waals surface area contributed by atoms with Gasteiger partial charge in [-0.3, -0.25) is 0 Å². The molecule has 0 fully saturated rings. The normalized spacial score (nSPS) is 11.2. The Labute approximate surface area is 141 Å². The highest BCUT2D eigenvalue weighted by atomic mass is 16.6. The van der Waals surface area contributed by atoms with E-state index in [0.717, 1.165) is 4.90 Å². The lowest BCUT2D eigenvalue weighted by Gasteiger charge is -2.28. The first kappa shape index (κ1) is 19.3. The van der Waals surface area contributed by atoms with Crippen LogP contribution in [-0.4, -0.2) is 23.4 Å². The lowest BCUT2D eigenvalue weighted by Crippen LogP contribution is -2.43. The van der Waals surface area contributed by atoms with Crippen LogP contribution in [0.15, 0.2) is 29.4 Å². The van der Waals surface area contributed by atoms with Crippen LogP contribution in [0.3, 0.4) is 0 Å². The van der Waals surface area contributed by atoms with Crippen LogP contribution >= 0.6 is 0 Å². The monoisotopic (exact) mass is 334 g/mol. The Morgan fingerprint density at radius 1 is 1.04 bits per heavy atom. The Kier molecular flexibility index (Phi) is 5.82. The van der Waals surface area contributed by atoms with E-state index in [0.29, 0.717) is 0 Å². The van der Waals surface area contributed by atoms with Crippen molar-refractivity contribution in [2.45, 2.75) is 52.7 Å². The summed E-state index contributed by atoms with van der Waals surface area (Å²) < 4.78 is 10.5. The second-order valence-electron chi connectivity index (χ2n) is 7.01. The lowest BCUT2D eigenvalue weighted by molar-refractivity contribution is 0.0431. The van der Waals surface area contributed by atoms with Crippen molar-refractivity contribution in [1.82, 2.24) is 0 Å². The highest BCUT2D eigenvalue weighted by molar-refractivity contribution is 6.09. The predicted molar refractivity (Wildman–Crippen MR) is 90.2 cm³/mol. The van der Waals surface area contributed by atoms with E-state index in [4.69, 9.17) is 15.0 Å². The summed E-state index contributed by atoms with van der Waals surface area (Å²) in [5.41, 5.74) is 7.39. The van der Waals surface area contributed by atoms with Gasteiger partial charge in [0.15, 0.2) is 0 Å². The minimum absolute atomic E-state index is 0.184. The van der Waals surface area contributed by atoms with Crippen LogP contribution in [-0.2, 0) is 9.47 Å². The molecule has 0 radical (unpaired) electrons. The summed E-state index contributed by atoms with van der Waals surface area (Å²) in [5, 5.41) is 3.47.